The molecule has 1 heteroatoms. The van der Waals surface area contributed by atoms with Gasteiger partial charge in [-0.2, -0.15) is 12.6 Å². The lowest BCUT2D eigenvalue weighted by Gasteiger charge is -2.28. The van der Waals surface area contributed by atoms with Gasteiger partial charge in [-0.15, -0.1) is 0 Å². The molecule has 0 spiro atoms. The van der Waals surface area contributed by atoms with Crippen LogP contribution in [0.25, 0.3) is 0 Å². The van der Waals surface area contributed by atoms with Crippen molar-refractivity contribution in [3.05, 3.63) is 12.2 Å². The molecule has 0 radical (unpaired) electrons. The summed E-state index contributed by atoms with van der Waals surface area (Å²) in [4.78, 5) is 0. The molecule has 1 aliphatic carbocycles. The van der Waals surface area contributed by atoms with Gasteiger partial charge >= 0.3 is 0 Å². The molecule has 0 aromatic heterocycles. The van der Waals surface area contributed by atoms with Gasteiger partial charge in [0.05, 0.1) is 0 Å². The number of rotatable bonds is 8. The maximum Gasteiger partial charge on any atom is 0.00532 e. The average Bonchev–Trinajstić information content (AvgIpc) is 2.75. The Kier molecular flexibility index (Phi) is 7.57. The molecular formula is C18H34S. The SMILES string of the molecule is CCCCC/C=C/C(C)(C)CC(S)C1CCC(C)C1. The number of unbranched alkanes of at least 4 members (excludes halogenated alkanes) is 3. The Hall–Kier alpha value is 0.0900. The van der Waals surface area contributed by atoms with Crippen LogP contribution in [0.3, 0.4) is 0 Å². The topological polar surface area (TPSA) is 0 Å². The van der Waals surface area contributed by atoms with Gasteiger partial charge < -0.3 is 0 Å². The zero-order chi connectivity index (χ0) is 14.3. The van der Waals surface area contributed by atoms with E-state index in [9.17, 15) is 0 Å². The van der Waals surface area contributed by atoms with Gasteiger partial charge in [0.15, 0.2) is 0 Å². The predicted octanol–water partition coefficient (Wildman–Crippen LogP) is 6.27. The zero-order valence-electron chi connectivity index (χ0n) is 13.5. The van der Waals surface area contributed by atoms with Crippen LogP contribution in [0.5, 0.6) is 0 Å². The molecule has 112 valence electrons. The molecule has 0 aromatic rings. The van der Waals surface area contributed by atoms with Crippen LogP contribution in [-0.4, -0.2) is 5.25 Å². The third-order valence-electron chi connectivity index (χ3n) is 4.56. The molecule has 0 aliphatic heterocycles. The molecule has 1 rings (SSSR count). The molecule has 1 aliphatic rings. The van der Waals surface area contributed by atoms with Crippen LogP contribution in [0.2, 0.25) is 0 Å². The average molecular weight is 283 g/mol. The summed E-state index contributed by atoms with van der Waals surface area (Å²) in [6.07, 6.45) is 15.5. The summed E-state index contributed by atoms with van der Waals surface area (Å²) in [6.45, 7) is 9.39. The molecule has 1 fully saturated rings. The van der Waals surface area contributed by atoms with Crippen LogP contribution in [0.1, 0.15) is 79.1 Å². The van der Waals surface area contributed by atoms with E-state index in [-0.39, 0.29) is 0 Å². The number of hydrogen-bond acceptors (Lipinski definition) is 1. The Bertz CT molecular complexity index is 267. The van der Waals surface area contributed by atoms with Crippen molar-refractivity contribution >= 4 is 12.6 Å². The second kappa shape index (κ2) is 8.39. The Balaban J connectivity index is 2.32. The van der Waals surface area contributed by atoms with Crippen molar-refractivity contribution in [1.82, 2.24) is 0 Å². The van der Waals surface area contributed by atoms with Gasteiger partial charge in [0.1, 0.15) is 0 Å². The number of allylic oxidation sites excluding steroid dienone is 2. The third-order valence-corrected chi connectivity index (χ3v) is 5.16. The van der Waals surface area contributed by atoms with Crippen LogP contribution in [0.15, 0.2) is 12.2 Å². The van der Waals surface area contributed by atoms with Gasteiger partial charge in [0.25, 0.3) is 0 Å². The first-order valence-corrected chi connectivity index (χ1v) is 8.82. The van der Waals surface area contributed by atoms with Gasteiger partial charge in [-0.25, -0.2) is 0 Å². The van der Waals surface area contributed by atoms with E-state index in [1.807, 2.05) is 0 Å². The highest BCUT2D eigenvalue weighted by Gasteiger charge is 2.29. The maximum absolute atomic E-state index is 4.90. The summed E-state index contributed by atoms with van der Waals surface area (Å²) in [5.41, 5.74) is 0.310. The standard InChI is InChI=1S/C18H34S/c1-5-6-7-8-9-12-18(3,4)14-17(19)16-11-10-15(2)13-16/h9,12,15-17,19H,5-8,10-11,13-14H2,1-4H3/b12-9+. The summed E-state index contributed by atoms with van der Waals surface area (Å²) < 4.78 is 0. The quantitative estimate of drug-likeness (QED) is 0.302. The molecule has 0 heterocycles. The van der Waals surface area contributed by atoms with E-state index in [4.69, 9.17) is 12.6 Å². The molecule has 0 aromatic carbocycles. The fourth-order valence-corrected chi connectivity index (χ4v) is 4.03. The molecule has 0 N–H and O–H groups in total. The van der Waals surface area contributed by atoms with Crippen LogP contribution < -0.4 is 0 Å². The Morgan fingerprint density at radius 3 is 2.58 bits per heavy atom. The van der Waals surface area contributed by atoms with E-state index in [1.54, 1.807) is 0 Å². The van der Waals surface area contributed by atoms with E-state index in [0.29, 0.717) is 10.7 Å². The van der Waals surface area contributed by atoms with Crippen molar-refractivity contribution in [1.29, 1.82) is 0 Å². The zero-order valence-corrected chi connectivity index (χ0v) is 14.4. The van der Waals surface area contributed by atoms with E-state index in [1.165, 1.54) is 51.4 Å². The fourth-order valence-electron chi connectivity index (χ4n) is 3.29. The lowest BCUT2D eigenvalue weighted by Crippen LogP contribution is -2.21. The third kappa shape index (κ3) is 6.88. The van der Waals surface area contributed by atoms with Crippen molar-refractivity contribution < 1.29 is 0 Å². The van der Waals surface area contributed by atoms with Crippen molar-refractivity contribution in [2.45, 2.75) is 84.3 Å². The summed E-state index contributed by atoms with van der Waals surface area (Å²) in [5, 5.41) is 0.584. The maximum atomic E-state index is 4.90. The largest absolute Gasteiger partial charge is 0.176 e. The molecule has 0 amide bonds. The molecule has 19 heavy (non-hydrogen) atoms. The predicted molar refractivity (Wildman–Crippen MR) is 91.0 cm³/mol. The Morgan fingerprint density at radius 2 is 2.00 bits per heavy atom. The molecule has 0 nitrogen and oxygen atoms in total. The highest BCUT2D eigenvalue weighted by molar-refractivity contribution is 7.81. The van der Waals surface area contributed by atoms with Crippen molar-refractivity contribution in [3.63, 3.8) is 0 Å². The first kappa shape index (κ1) is 17.1. The molecule has 0 bridgehead atoms. The van der Waals surface area contributed by atoms with Crippen LogP contribution in [0, 0.1) is 17.3 Å². The lowest BCUT2D eigenvalue weighted by atomic mass is 9.83. The molecule has 3 unspecified atom stereocenters. The van der Waals surface area contributed by atoms with E-state index in [2.05, 4.69) is 39.8 Å². The number of thiol groups is 1. The minimum absolute atomic E-state index is 0.310. The second-order valence-electron chi connectivity index (χ2n) is 7.34. The summed E-state index contributed by atoms with van der Waals surface area (Å²) in [5.74, 6) is 1.78. The van der Waals surface area contributed by atoms with Crippen LogP contribution >= 0.6 is 12.6 Å². The van der Waals surface area contributed by atoms with Gasteiger partial charge in [-0.05, 0) is 49.4 Å². The summed E-state index contributed by atoms with van der Waals surface area (Å²) in [6, 6.07) is 0. The van der Waals surface area contributed by atoms with Gasteiger partial charge in [-0.3, -0.25) is 0 Å². The van der Waals surface area contributed by atoms with E-state index in [0.717, 1.165) is 11.8 Å². The van der Waals surface area contributed by atoms with Gasteiger partial charge in [0.2, 0.25) is 0 Å². The van der Waals surface area contributed by atoms with Crippen LogP contribution in [-0.2, 0) is 0 Å². The second-order valence-corrected chi connectivity index (χ2v) is 8.00. The Labute approximate surface area is 126 Å². The molecular weight excluding hydrogens is 248 g/mol. The summed E-state index contributed by atoms with van der Waals surface area (Å²) >= 11 is 4.90. The van der Waals surface area contributed by atoms with Gasteiger partial charge in [-0.1, -0.05) is 59.1 Å². The van der Waals surface area contributed by atoms with Crippen molar-refractivity contribution in [3.8, 4) is 0 Å². The van der Waals surface area contributed by atoms with E-state index >= 15 is 0 Å². The monoisotopic (exact) mass is 282 g/mol. The Morgan fingerprint density at radius 1 is 1.26 bits per heavy atom. The summed E-state index contributed by atoms with van der Waals surface area (Å²) in [7, 11) is 0. The highest BCUT2D eigenvalue weighted by atomic mass is 32.1. The minimum Gasteiger partial charge on any atom is -0.176 e. The molecule has 0 saturated heterocycles. The van der Waals surface area contributed by atoms with Gasteiger partial charge in [0, 0.05) is 5.25 Å². The first-order chi connectivity index (χ1) is 8.94. The smallest absolute Gasteiger partial charge is 0.00532 e. The highest BCUT2D eigenvalue weighted by Crippen LogP contribution is 2.39. The lowest BCUT2D eigenvalue weighted by molar-refractivity contribution is 0.369. The molecule has 1 saturated carbocycles. The first-order valence-electron chi connectivity index (χ1n) is 8.30. The fraction of sp³-hybridized carbons (Fsp3) is 0.889. The van der Waals surface area contributed by atoms with Crippen LogP contribution in [0.4, 0.5) is 0 Å². The van der Waals surface area contributed by atoms with Crippen molar-refractivity contribution in [2.24, 2.45) is 17.3 Å². The minimum atomic E-state index is 0.310. The van der Waals surface area contributed by atoms with Crippen molar-refractivity contribution in [2.75, 3.05) is 0 Å². The molecule has 3 atom stereocenters. The normalized spacial score (nSPS) is 26.2. The number of hydrogen-bond donors (Lipinski definition) is 1. The van der Waals surface area contributed by atoms with E-state index < -0.39 is 0 Å².